The van der Waals surface area contributed by atoms with E-state index in [4.69, 9.17) is 5.11 Å². The number of unbranched alkanes of at least 4 members (excludes halogenated alkanes) is 2. The van der Waals surface area contributed by atoms with Gasteiger partial charge in [-0.25, -0.2) is 0 Å². The van der Waals surface area contributed by atoms with Crippen molar-refractivity contribution >= 4 is 11.9 Å². The molecule has 1 amide bonds. The number of nitrogens with one attached hydrogen (secondary N) is 1. The third-order valence-corrected chi connectivity index (χ3v) is 2.94. The molecule has 0 aliphatic carbocycles. The van der Waals surface area contributed by atoms with Crippen LogP contribution in [0.3, 0.4) is 0 Å². The maximum atomic E-state index is 12.0. The number of hydrogen-bond donors (Lipinski definition) is 2. The number of nitrogens with zero attached hydrogens (tertiary/aromatic N) is 1. The first kappa shape index (κ1) is 17.9. The van der Waals surface area contributed by atoms with Crippen LogP contribution in [0.1, 0.15) is 52.4 Å². The second-order valence-electron chi connectivity index (χ2n) is 4.76. The molecule has 0 spiro atoms. The zero-order valence-corrected chi connectivity index (χ0v) is 12.3. The Morgan fingerprint density at radius 2 is 1.63 bits per heavy atom. The van der Waals surface area contributed by atoms with E-state index in [2.05, 4.69) is 19.2 Å². The smallest absolute Gasteiger partial charge is 0.303 e. The SMILES string of the molecule is CCCCN(CCCC)C(=O)CNCCCC(=O)O. The van der Waals surface area contributed by atoms with E-state index < -0.39 is 5.97 Å². The van der Waals surface area contributed by atoms with Crippen molar-refractivity contribution in [2.45, 2.75) is 52.4 Å². The highest BCUT2D eigenvalue weighted by Gasteiger charge is 2.11. The van der Waals surface area contributed by atoms with Crippen molar-refractivity contribution in [1.29, 1.82) is 0 Å². The van der Waals surface area contributed by atoms with E-state index in [-0.39, 0.29) is 12.3 Å². The molecule has 5 heteroatoms. The molecule has 5 nitrogen and oxygen atoms in total. The van der Waals surface area contributed by atoms with Gasteiger partial charge >= 0.3 is 5.97 Å². The van der Waals surface area contributed by atoms with Gasteiger partial charge in [-0.3, -0.25) is 9.59 Å². The Labute approximate surface area is 116 Å². The molecule has 0 saturated heterocycles. The van der Waals surface area contributed by atoms with Gasteiger partial charge in [-0.05, 0) is 25.8 Å². The number of carbonyl (C=O) groups is 2. The summed E-state index contributed by atoms with van der Waals surface area (Å²) in [5.74, 6) is -0.669. The lowest BCUT2D eigenvalue weighted by atomic mass is 10.2. The van der Waals surface area contributed by atoms with Crippen molar-refractivity contribution in [2.75, 3.05) is 26.2 Å². The molecule has 0 aliphatic heterocycles. The maximum absolute atomic E-state index is 12.0. The molecule has 0 rings (SSSR count). The van der Waals surface area contributed by atoms with Gasteiger partial charge in [-0.15, -0.1) is 0 Å². The molecule has 0 aromatic heterocycles. The summed E-state index contributed by atoms with van der Waals surface area (Å²) in [6.07, 6.45) is 4.95. The van der Waals surface area contributed by atoms with E-state index >= 15 is 0 Å². The summed E-state index contributed by atoms with van der Waals surface area (Å²) >= 11 is 0. The molecule has 0 unspecified atom stereocenters. The third kappa shape index (κ3) is 10.5. The van der Waals surface area contributed by atoms with Gasteiger partial charge < -0.3 is 15.3 Å². The molecular weight excluding hydrogens is 244 g/mol. The van der Waals surface area contributed by atoms with Crippen LogP contribution in [0.15, 0.2) is 0 Å². The first-order valence-corrected chi connectivity index (χ1v) is 7.32. The standard InChI is InChI=1S/C14H28N2O3/c1-3-5-10-16(11-6-4-2)13(17)12-15-9-7-8-14(18)19/h15H,3-12H2,1-2H3,(H,18,19). The fourth-order valence-electron chi connectivity index (χ4n) is 1.73. The monoisotopic (exact) mass is 272 g/mol. The van der Waals surface area contributed by atoms with Crippen LogP contribution < -0.4 is 5.32 Å². The van der Waals surface area contributed by atoms with Gasteiger partial charge in [-0.2, -0.15) is 0 Å². The topological polar surface area (TPSA) is 69.6 Å². The number of rotatable bonds is 12. The van der Waals surface area contributed by atoms with E-state index in [0.717, 1.165) is 38.8 Å². The second kappa shape index (κ2) is 12.0. The minimum absolute atomic E-state index is 0.122. The third-order valence-electron chi connectivity index (χ3n) is 2.94. The molecule has 0 aromatic rings. The zero-order chi connectivity index (χ0) is 14.5. The molecule has 19 heavy (non-hydrogen) atoms. The van der Waals surface area contributed by atoms with Crippen LogP contribution in [0.4, 0.5) is 0 Å². The minimum atomic E-state index is -0.791. The molecule has 0 radical (unpaired) electrons. The Morgan fingerprint density at radius 3 is 2.11 bits per heavy atom. The molecule has 0 aromatic carbocycles. The summed E-state index contributed by atoms with van der Waals surface area (Å²) in [6, 6.07) is 0. The van der Waals surface area contributed by atoms with Crippen LogP contribution in [-0.2, 0) is 9.59 Å². The highest BCUT2D eigenvalue weighted by atomic mass is 16.4. The highest BCUT2D eigenvalue weighted by Crippen LogP contribution is 1.99. The van der Waals surface area contributed by atoms with Crippen molar-refractivity contribution < 1.29 is 14.7 Å². The number of carboxylic acid groups (broad SMARTS) is 1. The van der Waals surface area contributed by atoms with Crippen LogP contribution in [0.25, 0.3) is 0 Å². The lowest BCUT2D eigenvalue weighted by Gasteiger charge is -2.22. The maximum Gasteiger partial charge on any atom is 0.303 e. The van der Waals surface area contributed by atoms with E-state index in [9.17, 15) is 9.59 Å². The zero-order valence-electron chi connectivity index (χ0n) is 12.3. The van der Waals surface area contributed by atoms with Gasteiger partial charge in [0, 0.05) is 19.5 Å². The number of carbonyl (C=O) groups excluding carboxylic acids is 1. The van der Waals surface area contributed by atoms with Crippen molar-refractivity contribution in [3.8, 4) is 0 Å². The summed E-state index contributed by atoms with van der Waals surface area (Å²) in [7, 11) is 0. The van der Waals surface area contributed by atoms with Gasteiger partial charge in [0.25, 0.3) is 0 Å². The fraction of sp³-hybridized carbons (Fsp3) is 0.857. The average molecular weight is 272 g/mol. The van der Waals surface area contributed by atoms with E-state index in [0.29, 0.717) is 19.5 Å². The van der Waals surface area contributed by atoms with Gasteiger partial charge in [0.05, 0.1) is 6.54 Å². The molecule has 0 fully saturated rings. The predicted octanol–water partition coefficient (Wildman–Crippen LogP) is 1.87. The molecular formula is C14H28N2O3. The number of carboxylic acids is 1. The van der Waals surface area contributed by atoms with Crippen molar-refractivity contribution in [3.05, 3.63) is 0 Å². The Kier molecular flexibility index (Phi) is 11.3. The molecule has 2 N–H and O–H groups in total. The Morgan fingerprint density at radius 1 is 1.05 bits per heavy atom. The van der Waals surface area contributed by atoms with Crippen LogP contribution in [0.2, 0.25) is 0 Å². The summed E-state index contributed by atoms with van der Waals surface area (Å²) < 4.78 is 0. The summed E-state index contributed by atoms with van der Waals surface area (Å²) in [5.41, 5.74) is 0. The van der Waals surface area contributed by atoms with Crippen LogP contribution in [0, 0.1) is 0 Å². The van der Waals surface area contributed by atoms with Crippen molar-refractivity contribution in [3.63, 3.8) is 0 Å². The fourth-order valence-corrected chi connectivity index (χ4v) is 1.73. The van der Waals surface area contributed by atoms with Gasteiger partial charge in [0.15, 0.2) is 0 Å². The lowest BCUT2D eigenvalue weighted by Crippen LogP contribution is -2.39. The van der Waals surface area contributed by atoms with Crippen molar-refractivity contribution in [1.82, 2.24) is 10.2 Å². The van der Waals surface area contributed by atoms with E-state index in [1.54, 1.807) is 0 Å². The van der Waals surface area contributed by atoms with Crippen LogP contribution >= 0.6 is 0 Å². The molecule has 0 saturated carbocycles. The number of amides is 1. The highest BCUT2D eigenvalue weighted by molar-refractivity contribution is 5.78. The molecule has 0 atom stereocenters. The normalized spacial score (nSPS) is 10.4. The molecule has 0 heterocycles. The Bertz CT molecular complexity index is 249. The molecule has 0 bridgehead atoms. The quantitative estimate of drug-likeness (QED) is 0.532. The lowest BCUT2D eigenvalue weighted by molar-refractivity contribution is -0.137. The van der Waals surface area contributed by atoms with E-state index in [1.165, 1.54) is 0 Å². The van der Waals surface area contributed by atoms with E-state index in [1.807, 2.05) is 4.90 Å². The predicted molar refractivity (Wildman–Crippen MR) is 76.1 cm³/mol. The summed E-state index contributed by atoms with van der Waals surface area (Å²) in [4.78, 5) is 24.3. The molecule has 112 valence electrons. The number of aliphatic carboxylic acids is 1. The average Bonchev–Trinajstić information content (AvgIpc) is 2.38. The van der Waals surface area contributed by atoms with Crippen molar-refractivity contribution in [2.24, 2.45) is 0 Å². The summed E-state index contributed by atoms with van der Waals surface area (Å²) in [6.45, 7) is 6.78. The number of hydrogen-bond acceptors (Lipinski definition) is 3. The largest absolute Gasteiger partial charge is 0.481 e. The first-order chi connectivity index (χ1) is 9.11. The van der Waals surface area contributed by atoms with Gasteiger partial charge in [-0.1, -0.05) is 26.7 Å². The van der Waals surface area contributed by atoms with Crippen LogP contribution in [-0.4, -0.2) is 48.1 Å². The van der Waals surface area contributed by atoms with Gasteiger partial charge in [0.2, 0.25) is 5.91 Å². The minimum Gasteiger partial charge on any atom is -0.481 e. The first-order valence-electron chi connectivity index (χ1n) is 7.32. The Balaban J connectivity index is 3.85. The van der Waals surface area contributed by atoms with Crippen LogP contribution in [0.5, 0.6) is 0 Å². The molecule has 0 aliphatic rings. The van der Waals surface area contributed by atoms with Gasteiger partial charge in [0.1, 0.15) is 0 Å². The Hall–Kier alpha value is -1.10. The summed E-state index contributed by atoms with van der Waals surface area (Å²) in [5, 5.41) is 11.5. The second-order valence-corrected chi connectivity index (χ2v) is 4.76.